The summed E-state index contributed by atoms with van der Waals surface area (Å²) in [6, 6.07) is 21.8. The molecule has 4 aromatic carbocycles. The molecule has 0 unspecified atom stereocenters. The Kier molecular flexibility index (Phi) is 12.0. The number of nitrogens with zero attached hydrogens (tertiary/aromatic N) is 2. The van der Waals surface area contributed by atoms with Crippen LogP contribution in [0.5, 0.6) is 0 Å². The van der Waals surface area contributed by atoms with Crippen molar-refractivity contribution >= 4 is 62.3 Å². The Bertz CT molecular complexity index is 1910. The minimum Gasteiger partial charge on any atom is -0.350 e. The molecule has 14 heteroatoms. The molecule has 0 saturated heterocycles. The largest absolute Gasteiger partial charge is 0.417 e. The second kappa shape index (κ2) is 15.4. The Balaban J connectivity index is 1.89. The number of hydrogen-bond donors (Lipinski definition) is 1. The van der Waals surface area contributed by atoms with E-state index in [0.29, 0.717) is 26.5 Å². The lowest BCUT2D eigenvalue weighted by molar-refractivity contribution is -0.140. The molecule has 2 amide bonds. The van der Waals surface area contributed by atoms with E-state index in [-0.39, 0.29) is 22.9 Å². The van der Waals surface area contributed by atoms with Crippen molar-refractivity contribution in [3.8, 4) is 0 Å². The molecule has 0 bridgehead atoms. The van der Waals surface area contributed by atoms with E-state index in [2.05, 4.69) is 5.32 Å². The zero-order chi connectivity index (χ0) is 36.1. The van der Waals surface area contributed by atoms with Crippen molar-refractivity contribution in [2.24, 2.45) is 0 Å². The highest BCUT2D eigenvalue weighted by Gasteiger charge is 2.38. The third-order valence-electron chi connectivity index (χ3n) is 7.28. The highest BCUT2D eigenvalue weighted by Crippen LogP contribution is 2.38. The predicted molar refractivity (Wildman–Crippen MR) is 186 cm³/mol. The topological polar surface area (TPSA) is 86.8 Å². The molecule has 0 aliphatic heterocycles. The number of amides is 2. The van der Waals surface area contributed by atoms with E-state index in [1.54, 1.807) is 69.3 Å². The Morgan fingerprint density at radius 3 is 2.00 bits per heavy atom. The fraction of sp³-hybridized carbons (Fsp3) is 0.257. The molecule has 49 heavy (non-hydrogen) atoms. The van der Waals surface area contributed by atoms with Crippen molar-refractivity contribution < 1.29 is 31.2 Å². The van der Waals surface area contributed by atoms with Gasteiger partial charge in [-0.3, -0.25) is 13.9 Å². The summed E-state index contributed by atoms with van der Waals surface area (Å²) in [5, 5.41) is 2.75. The maximum Gasteiger partial charge on any atom is 0.417 e. The van der Waals surface area contributed by atoms with Gasteiger partial charge in [0, 0.05) is 28.5 Å². The van der Waals surface area contributed by atoms with Crippen molar-refractivity contribution in [3.63, 3.8) is 0 Å². The van der Waals surface area contributed by atoms with E-state index in [1.807, 2.05) is 0 Å². The summed E-state index contributed by atoms with van der Waals surface area (Å²) in [5.74, 6) is -1.43. The maximum absolute atomic E-state index is 14.6. The monoisotopic (exact) mass is 753 g/mol. The number of rotatable bonds is 11. The molecule has 260 valence electrons. The Morgan fingerprint density at radius 1 is 0.816 bits per heavy atom. The van der Waals surface area contributed by atoms with Crippen molar-refractivity contribution in [3.05, 3.63) is 129 Å². The number of halogens is 6. The van der Waals surface area contributed by atoms with Gasteiger partial charge in [-0.15, -0.1) is 0 Å². The molecule has 0 spiro atoms. The van der Waals surface area contributed by atoms with Crippen LogP contribution in [-0.2, 0) is 38.8 Å². The number of sulfonamides is 1. The highest BCUT2D eigenvalue weighted by molar-refractivity contribution is 7.92. The first-order valence-electron chi connectivity index (χ1n) is 14.9. The van der Waals surface area contributed by atoms with E-state index in [0.717, 1.165) is 12.1 Å². The van der Waals surface area contributed by atoms with Crippen LogP contribution in [0.3, 0.4) is 0 Å². The minimum absolute atomic E-state index is 0.0182. The number of benzene rings is 4. The number of alkyl halides is 3. The van der Waals surface area contributed by atoms with E-state index in [1.165, 1.54) is 35.2 Å². The van der Waals surface area contributed by atoms with Crippen LogP contribution >= 0.6 is 34.8 Å². The molecule has 0 heterocycles. The van der Waals surface area contributed by atoms with E-state index < -0.39 is 62.4 Å². The number of nitrogens with one attached hydrogen (secondary N) is 1. The minimum atomic E-state index is -4.93. The molecule has 0 aliphatic carbocycles. The molecule has 7 nitrogen and oxygen atoms in total. The smallest absolute Gasteiger partial charge is 0.350 e. The second-order valence-electron chi connectivity index (χ2n) is 12.2. The highest BCUT2D eigenvalue weighted by atomic mass is 35.5. The first-order valence-corrected chi connectivity index (χ1v) is 17.5. The molecule has 0 saturated carbocycles. The lowest BCUT2D eigenvalue weighted by Gasteiger charge is -2.35. The van der Waals surface area contributed by atoms with Crippen LogP contribution in [0.4, 0.5) is 18.9 Å². The quantitative estimate of drug-likeness (QED) is 0.167. The van der Waals surface area contributed by atoms with Gasteiger partial charge in [-0.2, -0.15) is 13.2 Å². The average molecular weight is 755 g/mol. The zero-order valence-electron chi connectivity index (χ0n) is 26.6. The van der Waals surface area contributed by atoms with E-state index in [9.17, 15) is 31.2 Å². The van der Waals surface area contributed by atoms with Crippen LogP contribution in [0.25, 0.3) is 0 Å². The molecule has 4 aromatic rings. The Morgan fingerprint density at radius 2 is 1.43 bits per heavy atom. The van der Waals surface area contributed by atoms with Gasteiger partial charge in [0.05, 0.1) is 21.2 Å². The lowest BCUT2D eigenvalue weighted by Crippen LogP contribution is -2.56. The SMILES string of the molecule is CC(C)(C)NC(=O)[C@H](Cc1ccccc1)N(Cc1ccc(Cl)cc1Cl)C(=O)CN(c1ccc(Cl)c(C(F)(F)F)c1)S(=O)(=O)c1ccccc1. The second-order valence-corrected chi connectivity index (χ2v) is 15.3. The molecular weight excluding hydrogens is 722 g/mol. The summed E-state index contributed by atoms with van der Waals surface area (Å²) in [7, 11) is -4.65. The molecule has 0 fully saturated rings. The summed E-state index contributed by atoms with van der Waals surface area (Å²) in [6.45, 7) is 4.05. The third kappa shape index (κ3) is 9.91. The van der Waals surface area contributed by atoms with Gasteiger partial charge < -0.3 is 10.2 Å². The predicted octanol–water partition coefficient (Wildman–Crippen LogP) is 8.42. The molecule has 0 radical (unpaired) electrons. The van der Waals surface area contributed by atoms with Gasteiger partial charge in [0.2, 0.25) is 11.8 Å². The van der Waals surface area contributed by atoms with Gasteiger partial charge >= 0.3 is 6.18 Å². The molecule has 4 rings (SSSR count). The lowest BCUT2D eigenvalue weighted by atomic mass is 10.0. The van der Waals surface area contributed by atoms with Gasteiger partial charge in [-0.25, -0.2) is 8.42 Å². The molecule has 0 aliphatic rings. The van der Waals surface area contributed by atoms with Crippen LogP contribution in [0.1, 0.15) is 37.5 Å². The van der Waals surface area contributed by atoms with Gasteiger partial charge in [-0.05, 0) is 74.4 Å². The van der Waals surface area contributed by atoms with Gasteiger partial charge in [0.25, 0.3) is 10.0 Å². The van der Waals surface area contributed by atoms with Crippen LogP contribution in [0.15, 0.2) is 102 Å². The van der Waals surface area contributed by atoms with Gasteiger partial charge in [-0.1, -0.05) is 89.4 Å². The fourth-order valence-electron chi connectivity index (χ4n) is 4.97. The summed E-state index contributed by atoms with van der Waals surface area (Å²) in [5.41, 5.74) is -1.39. The number of carbonyl (C=O) groups is 2. The van der Waals surface area contributed by atoms with Crippen molar-refractivity contribution in [2.45, 2.75) is 56.4 Å². The first-order chi connectivity index (χ1) is 22.9. The number of hydrogen-bond acceptors (Lipinski definition) is 4. The molecule has 1 atom stereocenters. The van der Waals surface area contributed by atoms with E-state index >= 15 is 0 Å². The van der Waals surface area contributed by atoms with Gasteiger partial charge in [0.1, 0.15) is 12.6 Å². The number of carbonyl (C=O) groups excluding carboxylic acids is 2. The maximum atomic E-state index is 14.6. The Hall–Kier alpha value is -3.77. The van der Waals surface area contributed by atoms with Crippen LogP contribution in [-0.4, -0.2) is 43.3 Å². The average Bonchev–Trinajstić information content (AvgIpc) is 3.02. The zero-order valence-corrected chi connectivity index (χ0v) is 29.7. The first kappa shape index (κ1) is 38.0. The summed E-state index contributed by atoms with van der Waals surface area (Å²) in [6.07, 6.45) is -4.91. The van der Waals surface area contributed by atoms with Gasteiger partial charge in [0.15, 0.2) is 0 Å². The molecule has 0 aromatic heterocycles. The van der Waals surface area contributed by atoms with Crippen molar-refractivity contribution in [2.75, 3.05) is 10.8 Å². The Labute approximate surface area is 298 Å². The van der Waals surface area contributed by atoms with E-state index in [4.69, 9.17) is 34.8 Å². The third-order valence-corrected chi connectivity index (χ3v) is 9.98. The van der Waals surface area contributed by atoms with Crippen molar-refractivity contribution in [1.82, 2.24) is 10.2 Å². The molecule has 1 N–H and O–H groups in total. The standard InChI is InChI=1S/C35H33Cl3F3N3O4S/c1-34(2,3)42-33(46)31(18-23-10-6-4-7-11-23)43(21-24-14-15-25(36)19-30(24)38)32(45)22-44(49(47,48)27-12-8-5-9-13-27)26-16-17-29(37)28(20-26)35(39,40)41/h4-17,19-20,31H,18,21-22H2,1-3H3,(H,42,46)/t31-/m0/s1. The summed E-state index contributed by atoms with van der Waals surface area (Å²) >= 11 is 18.5. The van der Waals surface area contributed by atoms with Crippen molar-refractivity contribution in [1.29, 1.82) is 0 Å². The fourth-order valence-corrected chi connectivity index (χ4v) is 7.09. The van der Waals surface area contributed by atoms with Crippen LogP contribution in [0, 0.1) is 0 Å². The summed E-state index contributed by atoms with van der Waals surface area (Å²) in [4.78, 5) is 29.4. The normalized spacial score (nSPS) is 12.7. The molecular formula is C35H33Cl3F3N3O4S. The summed E-state index contributed by atoms with van der Waals surface area (Å²) < 4.78 is 70.6. The van der Waals surface area contributed by atoms with Crippen LogP contribution in [0.2, 0.25) is 15.1 Å². The van der Waals surface area contributed by atoms with Crippen LogP contribution < -0.4 is 9.62 Å². The number of anilines is 1.